The number of aromatic nitrogens is 2. The molecule has 0 aliphatic carbocycles. The fourth-order valence-corrected chi connectivity index (χ4v) is 4.73. The molecule has 26 heavy (non-hydrogen) atoms. The molecule has 2 aromatic carbocycles. The summed E-state index contributed by atoms with van der Waals surface area (Å²) in [6.07, 6.45) is 5.86. The van der Waals surface area contributed by atoms with Crippen molar-refractivity contribution in [3.8, 4) is 16.9 Å². The molecule has 0 spiro atoms. The molecule has 0 fully saturated rings. The summed E-state index contributed by atoms with van der Waals surface area (Å²) in [5.74, 6) is 0. The summed E-state index contributed by atoms with van der Waals surface area (Å²) in [7, 11) is 0. The molecule has 0 radical (unpaired) electrons. The second-order valence-corrected chi connectivity index (χ2v) is 8.87. The van der Waals surface area contributed by atoms with E-state index >= 15 is 0 Å². The maximum atomic E-state index is 5.11. The Hall–Kier alpha value is -1.79. The summed E-state index contributed by atoms with van der Waals surface area (Å²) in [5.41, 5.74) is 6.39. The SMILES string of the molecule is CCCc1c(CC([AsH2])CCC)c(-c2ccccc2)nn1-c1ccccc1. The summed E-state index contributed by atoms with van der Waals surface area (Å²) >= 11 is 1.86. The van der Waals surface area contributed by atoms with E-state index in [2.05, 4.69) is 79.2 Å². The van der Waals surface area contributed by atoms with Crippen LogP contribution in [0.5, 0.6) is 0 Å². The van der Waals surface area contributed by atoms with E-state index in [-0.39, 0.29) is 0 Å². The van der Waals surface area contributed by atoms with Crippen LogP contribution in [0.2, 0.25) is 4.71 Å². The Bertz CT molecular complexity index is 809. The van der Waals surface area contributed by atoms with Crippen LogP contribution in [-0.4, -0.2) is 26.6 Å². The van der Waals surface area contributed by atoms with Gasteiger partial charge in [-0.2, -0.15) is 0 Å². The van der Waals surface area contributed by atoms with Gasteiger partial charge in [0.25, 0.3) is 0 Å². The number of para-hydroxylation sites is 1. The fourth-order valence-electron chi connectivity index (χ4n) is 3.54. The molecule has 3 heteroatoms. The molecule has 1 heterocycles. The molecule has 0 bridgehead atoms. The molecule has 0 amide bonds. The van der Waals surface area contributed by atoms with Crippen molar-refractivity contribution in [2.45, 2.75) is 50.7 Å². The zero-order chi connectivity index (χ0) is 18.4. The second kappa shape index (κ2) is 9.23. The number of hydrogen-bond donors (Lipinski definition) is 0. The number of benzene rings is 2. The molecule has 3 rings (SSSR count). The summed E-state index contributed by atoms with van der Waals surface area (Å²) in [5, 5.41) is 5.11. The van der Waals surface area contributed by atoms with Crippen LogP contribution < -0.4 is 0 Å². The van der Waals surface area contributed by atoms with E-state index in [1.807, 2.05) is 16.9 Å². The Kier molecular flexibility index (Phi) is 6.74. The summed E-state index contributed by atoms with van der Waals surface area (Å²) in [6, 6.07) is 21.2. The zero-order valence-corrected chi connectivity index (χ0v) is 18.3. The van der Waals surface area contributed by atoms with Gasteiger partial charge in [-0.25, -0.2) is 0 Å². The quantitative estimate of drug-likeness (QED) is 0.465. The standard InChI is InChI=1S/C23H29AsN2/c1-3-11-19(24)17-21-22(12-4-2)26(20-15-9-6-10-16-20)25-23(21)18-13-7-5-8-14-18/h5-10,13-16,19H,3-4,11-12,17,24H2,1-2H3. The van der Waals surface area contributed by atoms with E-state index in [1.54, 1.807) is 0 Å². The van der Waals surface area contributed by atoms with Gasteiger partial charge in [-0.3, -0.25) is 0 Å². The number of nitrogens with zero attached hydrogens (tertiary/aromatic N) is 2. The van der Waals surface area contributed by atoms with Crippen molar-refractivity contribution < 1.29 is 0 Å². The first kappa shape index (κ1) is 19.0. The maximum absolute atomic E-state index is 5.11. The van der Waals surface area contributed by atoms with Gasteiger partial charge in [-0.05, 0) is 0 Å². The first-order valence-electron chi connectivity index (χ1n) is 9.71. The van der Waals surface area contributed by atoms with Gasteiger partial charge < -0.3 is 0 Å². The van der Waals surface area contributed by atoms with Crippen molar-refractivity contribution in [1.29, 1.82) is 0 Å². The van der Waals surface area contributed by atoms with Crippen LogP contribution in [0.25, 0.3) is 16.9 Å². The first-order valence-corrected chi connectivity index (χ1v) is 11.1. The molecule has 0 aliphatic heterocycles. The Balaban J connectivity index is 2.15. The van der Waals surface area contributed by atoms with Gasteiger partial charge in [0.15, 0.2) is 0 Å². The summed E-state index contributed by atoms with van der Waals surface area (Å²) in [6.45, 7) is 4.54. The Labute approximate surface area is 166 Å². The Morgan fingerprint density at radius 2 is 1.58 bits per heavy atom. The first-order chi connectivity index (χ1) is 12.7. The molecular formula is C23H29AsN2. The third kappa shape index (κ3) is 4.30. The van der Waals surface area contributed by atoms with Crippen molar-refractivity contribution in [3.05, 3.63) is 71.9 Å². The van der Waals surface area contributed by atoms with E-state index in [4.69, 9.17) is 5.10 Å². The molecule has 0 aliphatic rings. The van der Waals surface area contributed by atoms with E-state index in [1.165, 1.54) is 29.7 Å². The number of hydrogen-bond acceptors (Lipinski definition) is 1. The van der Waals surface area contributed by atoms with Crippen LogP contribution >= 0.6 is 0 Å². The zero-order valence-electron chi connectivity index (χ0n) is 15.9. The third-order valence-corrected chi connectivity index (χ3v) is 5.94. The van der Waals surface area contributed by atoms with Crippen LogP contribution in [0.4, 0.5) is 0 Å². The Morgan fingerprint density at radius 3 is 2.19 bits per heavy atom. The minimum absolute atomic E-state index is 0.735. The molecule has 136 valence electrons. The molecule has 0 saturated heterocycles. The third-order valence-electron chi connectivity index (χ3n) is 4.75. The van der Waals surface area contributed by atoms with Crippen LogP contribution in [0.1, 0.15) is 44.4 Å². The van der Waals surface area contributed by atoms with Gasteiger partial charge in [-0.15, -0.1) is 0 Å². The molecule has 0 N–H and O–H groups in total. The molecular weight excluding hydrogens is 379 g/mol. The van der Waals surface area contributed by atoms with Crippen LogP contribution in [0.3, 0.4) is 0 Å². The average molecular weight is 408 g/mol. The van der Waals surface area contributed by atoms with Gasteiger partial charge in [0.1, 0.15) is 0 Å². The van der Waals surface area contributed by atoms with E-state index in [0.717, 1.165) is 35.3 Å². The van der Waals surface area contributed by atoms with E-state index < -0.39 is 0 Å². The van der Waals surface area contributed by atoms with Crippen molar-refractivity contribution in [3.63, 3.8) is 0 Å². The molecule has 2 nitrogen and oxygen atoms in total. The molecule has 0 saturated carbocycles. The van der Waals surface area contributed by atoms with E-state index in [0.29, 0.717) is 0 Å². The monoisotopic (exact) mass is 408 g/mol. The van der Waals surface area contributed by atoms with E-state index in [9.17, 15) is 0 Å². The summed E-state index contributed by atoms with van der Waals surface area (Å²) < 4.78 is 2.92. The molecule has 3 aromatic rings. The molecule has 1 aromatic heterocycles. The van der Waals surface area contributed by atoms with Crippen LogP contribution in [0, 0.1) is 0 Å². The predicted molar refractivity (Wildman–Crippen MR) is 114 cm³/mol. The Morgan fingerprint density at radius 1 is 0.923 bits per heavy atom. The topological polar surface area (TPSA) is 17.8 Å². The van der Waals surface area contributed by atoms with Crippen molar-refractivity contribution in [2.24, 2.45) is 0 Å². The normalized spacial score (nSPS) is 12.3. The van der Waals surface area contributed by atoms with Crippen molar-refractivity contribution in [2.75, 3.05) is 0 Å². The predicted octanol–water partition coefficient (Wildman–Crippen LogP) is 5.26. The van der Waals surface area contributed by atoms with Crippen LogP contribution in [0.15, 0.2) is 60.7 Å². The van der Waals surface area contributed by atoms with Gasteiger partial charge in [0.2, 0.25) is 0 Å². The minimum atomic E-state index is 0.735. The number of rotatable bonds is 8. The van der Waals surface area contributed by atoms with Gasteiger partial charge in [0.05, 0.1) is 0 Å². The van der Waals surface area contributed by atoms with Crippen LogP contribution in [-0.2, 0) is 12.8 Å². The molecule has 2 atom stereocenters. The van der Waals surface area contributed by atoms with Crippen molar-refractivity contribution >= 4 is 16.9 Å². The van der Waals surface area contributed by atoms with Gasteiger partial charge >= 0.3 is 166 Å². The average Bonchev–Trinajstić information content (AvgIpc) is 3.02. The fraction of sp³-hybridized carbons (Fsp3) is 0.348. The van der Waals surface area contributed by atoms with Gasteiger partial charge in [0, 0.05) is 0 Å². The molecule has 2 unspecified atom stereocenters. The summed E-state index contributed by atoms with van der Waals surface area (Å²) in [4.78, 5) is 0. The second-order valence-electron chi connectivity index (χ2n) is 6.89. The van der Waals surface area contributed by atoms with Gasteiger partial charge in [-0.1, -0.05) is 0 Å². The van der Waals surface area contributed by atoms with Crippen molar-refractivity contribution in [1.82, 2.24) is 9.78 Å².